The molecule has 3 N–H and O–H groups in total. The van der Waals surface area contributed by atoms with Gasteiger partial charge in [0.25, 0.3) is 0 Å². The number of halogens is 3. The van der Waals surface area contributed by atoms with Gasteiger partial charge in [0.05, 0.1) is 6.61 Å². The third kappa shape index (κ3) is 7.47. The summed E-state index contributed by atoms with van der Waals surface area (Å²) < 4.78 is 21.5. The summed E-state index contributed by atoms with van der Waals surface area (Å²) in [6.07, 6.45) is 5.28. The van der Waals surface area contributed by atoms with Crippen LogP contribution in [0.4, 0.5) is 10.2 Å². The molecule has 1 aliphatic carbocycles. The SMILES string of the molecule is C=C(Cl)/C=C\C=C(/F)C1[C@H](C)C(CCNC=O)C1(NCc1cccc(OCC)c1)C(=O)Nc1cccc(Cl)n1. The first-order valence-corrected chi connectivity index (χ1v) is 13.4. The number of aromatic nitrogens is 1. The molecule has 0 spiro atoms. The van der Waals surface area contributed by atoms with Crippen molar-refractivity contribution in [2.24, 2.45) is 17.8 Å². The lowest BCUT2D eigenvalue weighted by Crippen LogP contribution is -2.75. The number of nitrogens with zero attached hydrogens (tertiary/aromatic N) is 1. The van der Waals surface area contributed by atoms with Gasteiger partial charge in [-0.3, -0.25) is 14.9 Å². The van der Waals surface area contributed by atoms with E-state index in [0.717, 1.165) is 5.56 Å². The van der Waals surface area contributed by atoms with Crippen LogP contribution in [0.3, 0.4) is 0 Å². The van der Waals surface area contributed by atoms with E-state index in [2.05, 4.69) is 27.5 Å². The van der Waals surface area contributed by atoms with Crippen LogP contribution in [0.25, 0.3) is 0 Å². The van der Waals surface area contributed by atoms with E-state index in [-0.39, 0.29) is 34.4 Å². The maximum Gasteiger partial charge on any atom is 0.246 e. The summed E-state index contributed by atoms with van der Waals surface area (Å²) in [5, 5.41) is 9.35. The van der Waals surface area contributed by atoms with Crippen molar-refractivity contribution < 1.29 is 18.7 Å². The molecule has 3 unspecified atom stereocenters. The number of carbonyl (C=O) groups is 2. The van der Waals surface area contributed by atoms with Crippen molar-refractivity contribution in [1.82, 2.24) is 15.6 Å². The van der Waals surface area contributed by atoms with Gasteiger partial charge < -0.3 is 15.4 Å². The number of pyridine rings is 1. The van der Waals surface area contributed by atoms with Crippen molar-refractivity contribution in [1.29, 1.82) is 0 Å². The smallest absolute Gasteiger partial charge is 0.246 e. The van der Waals surface area contributed by atoms with Gasteiger partial charge in [-0.15, -0.1) is 0 Å². The topological polar surface area (TPSA) is 92.4 Å². The summed E-state index contributed by atoms with van der Waals surface area (Å²) in [6, 6.07) is 12.4. The van der Waals surface area contributed by atoms with Crippen LogP contribution in [-0.2, 0) is 16.1 Å². The minimum Gasteiger partial charge on any atom is -0.494 e. The zero-order valence-corrected chi connectivity index (χ0v) is 23.4. The van der Waals surface area contributed by atoms with Crippen LogP contribution >= 0.6 is 23.2 Å². The van der Waals surface area contributed by atoms with Crippen molar-refractivity contribution in [2.45, 2.75) is 32.4 Å². The molecule has 10 heteroatoms. The van der Waals surface area contributed by atoms with Gasteiger partial charge in [0.1, 0.15) is 28.1 Å². The minimum absolute atomic E-state index is 0.213. The van der Waals surface area contributed by atoms with Gasteiger partial charge in [0.15, 0.2) is 0 Å². The lowest BCUT2D eigenvalue weighted by atomic mass is 9.49. The summed E-state index contributed by atoms with van der Waals surface area (Å²) in [6.45, 7) is 8.48. The van der Waals surface area contributed by atoms with Gasteiger partial charge in [-0.1, -0.05) is 61.0 Å². The second-order valence-electron chi connectivity index (χ2n) is 9.26. The summed E-state index contributed by atoms with van der Waals surface area (Å²) in [5.41, 5.74) is -0.512. The zero-order chi connectivity index (χ0) is 28.4. The number of anilines is 1. The molecule has 0 saturated heterocycles. The van der Waals surface area contributed by atoms with Crippen LogP contribution in [-0.4, -0.2) is 36.0 Å². The van der Waals surface area contributed by atoms with Crippen LogP contribution in [0.5, 0.6) is 5.75 Å². The van der Waals surface area contributed by atoms with Crippen molar-refractivity contribution in [3.8, 4) is 5.75 Å². The van der Waals surface area contributed by atoms with E-state index < -0.39 is 23.2 Å². The molecular weight excluding hydrogens is 542 g/mol. The highest BCUT2D eigenvalue weighted by Crippen LogP contribution is 2.55. The van der Waals surface area contributed by atoms with E-state index in [1.54, 1.807) is 18.2 Å². The Labute approximate surface area is 238 Å². The van der Waals surface area contributed by atoms with E-state index in [1.807, 2.05) is 38.1 Å². The zero-order valence-electron chi connectivity index (χ0n) is 21.9. The molecule has 0 bridgehead atoms. The molecule has 1 aliphatic rings. The molecule has 1 aromatic carbocycles. The molecule has 1 heterocycles. The number of carbonyl (C=O) groups excluding carboxylic acids is 2. The lowest BCUT2D eigenvalue weighted by Gasteiger charge is -2.59. The molecule has 3 rings (SSSR count). The Kier molecular flexibility index (Phi) is 11.1. The fourth-order valence-corrected chi connectivity index (χ4v) is 5.50. The first-order valence-electron chi connectivity index (χ1n) is 12.7. The van der Waals surface area contributed by atoms with Crippen LogP contribution in [0.2, 0.25) is 5.15 Å². The van der Waals surface area contributed by atoms with Crippen LogP contribution in [0, 0.1) is 17.8 Å². The van der Waals surface area contributed by atoms with Gasteiger partial charge in [-0.2, -0.15) is 0 Å². The maximum absolute atomic E-state index is 15.8. The molecule has 1 aromatic heterocycles. The lowest BCUT2D eigenvalue weighted by molar-refractivity contribution is -0.143. The predicted octanol–water partition coefficient (Wildman–Crippen LogP) is 5.78. The number of amides is 2. The molecule has 7 nitrogen and oxygen atoms in total. The number of ether oxygens (including phenoxy) is 1. The van der Waals surface area contributed by atoms with Crippen LogP contribution < -0.4 is 20.7 Å². The third-order valence-electron chi connectivity index (χ3n) is 6.88. The van der Waals surface area contributed by atoms with E-state index >= 15 is 4.39 Å². The maximum atomic E-state index is 15.8. The normalized spacial score (nSPS) is 22.7. The minimum atomic E-state index is -1.37. The van der Waals surface area contributed by atoms with Crippen LogP contribution in [0.1, 0.15) is 25.8 Å². The summed E-state index contributed by atoms with van der Waals surface area (Å²) >= 11 is 11.8. The molecule has 0 aliphatic heterocycles. The summed E-state index contributed by atoms with van der Waals surface area (Å²) in [4.78, 5) is 29.2. The Hall–Kier alpha value is -3.20. The Bertz CT molecular complexity index is 1240. The fourth-order valence-electron chi connectivity index (χ4n) is 5.27. The third-order valence-corrected chi connectivity index (χ3v) is 7.21. The molecule has 208 valence electrons. The fraction of sp³-hybridized carbons (Fsp3) is 0.345. The van der Waals surface area contributed by atoms with E-state index in [0.29, 0.717) is 31.7 Å². The number of hydrogen-bond donors (Lipinski definition) is 3. The highest BCUT2D eigenvalue weighted by molar-refractivity contribution is 6.30. The van der Waals surface area contributed by atoms with Gasteiger partial charge in [0, 0.05) is 24.0 Å². The first-order chi connectivity index (χ1) is 18.7. The summed E-state index contributed by atoms with van der Waals surface area (Å²) in [7, 11) is 0. The van der Waals surface area contributed by atoms with Crippen molar-refractivity contribution >= 4 is 41.3 Å². The first kappa shape index (κ1) is 30.3. The molecule has 2 aromatic rings. The molecular formula is C29H33Cl2FN4O3. The number of benzene rings is 1. The van der Waals surface area contributed by atoms with Crippen molar-refractivity contribution in [3.05, 3.63) is 88.8 Å². The van der Waals surface area contributed by atoms with E-state index in [9.17, 15) is 9.59 Å². The average Bonchev–Trinajstić information content (AvgIpc) is 2.89. The molecule has 4 atom stereocenters. The standard InChI is InChI=1S/C29H33Cl2FN4O3/c1-4-39-22-10-6-9-21(16-22)17-34-29(28(38)36-26-13-7-12-25(31)35-26)23(14-15-33-18-37)20(3)27(29)24(32)11-5-8-19(2)30/h5-13,16,18,20,23,27,34H,2,4,14-15,17H2,1,3H3,(H,33,37)(H,35,36,38)/b8-5-,24-11-/t20-,23?,27?,29?/m1/s1. The highest BCUT2D eigenvalue weighted by Gasteiger charge is 2.65. The number of rotatable bonds is 14. The van der Waals surface area contributed by atoms with E-state index in [4.69, 9.17) is 27.9 Å². The molecule has 2 amide bonds. The van der Waals surface area contributed by atoms with Crippen LogP contribution in [0.15, 0.2) is 78.1 Å². The Morgan fingerprint density at radius 1 is 1.28 bits per heavy atom. The quantitative estimate of drug-likeness (QED) is 0.115. The predicted molar refractivity (Wildman–Crippen MR) is 153 cm³/mol. The van der Waals surface area contributed by atoms with Gasteiger partial charge in [-0.25, -0.2) is 9.37 Å². The second kappa shape index (κ2) is 14.3. The molecule has 0 radical (unpaired) electrons. The van der Waals surface area contributed by atoms with Crippen molar-refractivity contribution in [3.63, 3.8) is 0 Å². The van der Waals surface area contributed by atoms with Gasteiger partial charge >= 0.3 is 0 Å². The van der Waals surface area contributed by atoms with Gasteiger partial charge in [-0.05, 0) is 67.2 Å². The molecule has 1 saturated carbocycles. The average molecular weight is 576 g/mol. The molecule has 1 fully saturated rings. The Balaban J connectivity index is 2.04. The summed E-state index contributed by atoms with van der Waals surface area (Å²) in [5.74, 6) is -1.37. The number of hydrogen-bond acceptors (Lipinski definition) is 5. The Morgan fingerprint density at radius 3 is 2.74 bits per heavy atom. The number of nitrogens with one attached hydrogen (secondary N) is 3. The van der Waals surface area contributed by atoms with Gasteiger partial charge in [0.2, 0.25) is 12.3 Å². The molecule has 39 heavy (non-hydrogen) atoms. The highest BCUT2D eigenvalue weighted by atomic mass is 35.5. The van der Waals surface area contributed by atoms with E-state index in [1.165, 1.54) is 18.2 Å². The Morgan fingerprint density at radius 2 is 2.05 bits per heavy atom. The van der Waals surface area contributed by atoms with Crippen molar-refractivity contribution in [2.75, 3.05) is 18.5 Å². The second-order valence-corrected chi connectivity index (χ2v) is 10.1. The largest absolute Gasteiger partial charge is 0.494 e. The monoisotopic (exact) mass is 574 g/mol. The number of allylic oxidation sites excluding steroid dienone is 4.